The number of benzene rings is 1. The first-order valence-corrected chi connectivity index (χ1v) is 11.7. The fraction of sp³-hybridized carbons (Fsp3) is 0.560. The molecule has 1 spiro atoms. The summed E-state index contributed by atoms with van der Waals surface area (Å²) in [7, 11) is 1.56. The molecule has 1 N–H and O–H groups in total. The van der Waals surface area contributed by atoms with Crippen LogP contribution in [0.1, 0.15) is 26.7 Å². The largest absolute Gasteiger partial charge is 0.497 e. The summed E-state index contributed by atoms with van der Waals surface area (Å²) in [5.74, 6) is -2.11. The van der Waals surface area contributed by atoms with Crippen molar-refractivity contribution in [3.63, 3.8) is 0 Å². The van der Waals surface area contributed by atoms with E-state index < -0.39 is 41.6 Å². The topological polar surface area (TPSA) is 106 Å². The van der Waals surface area contributed by atoms with Crippen molar-refractivity contribution in [2.45, 2.75) is 50.5 Å². The van der Waals surface area contributed by atoms with E-state index >= 15 is 0 Å². The summed E-state index contributed by atoms with van der Waals surface area (Å²) < 4.78 is 16.9. The Labute approximate surface area is 199 Å². The normalized spacial score (nSPS) is 30.1. The number of rotatable bonds is 9. The van der Waals surface area contributed by atoms with Gasteiger partial charge in [0.25, 0.3) is 5.91 Å². The number of likely N-dealkylation sites (tertiary alicyclic amines) is 1. The molecule has 0 aromatic heterocycles. The lowest BCUT2D eigenvalue weighted by atomic mass is 9.70. The molecule has 0 saturated carbocycles. The van der Waals surface area contributed by atoms with Gasteiger partial charge in [0.15, 0.2) is 0 Å². The summed E-state index contributed by atoms with van der Waals surface area (Å²) >= 11 is 0. The van der Waals surface area contributed by atoms with Crippen molar-refractivity contribution in [3.8, 4) is 5.75 Å². The van der Waals surface area contributed by atoms with Gasteiger partial charge >= 0.3 is 5.97 Å². The van der Waals surface area contributed by atoms with Gasteiger partial charge in [0.1, 0.15) is 17.4 Å². The van der Waals surface area contributed by atoms with Crippen LogP contribution in [0.3, 0.4) is 0 Å². The number of aliphatic hydroxyl groups excluding tert-OH is 1. The van der Waals surface area contributed by atoms with Gasteiger partial charge in [0.2, 0.25) is 5.91 Å². The Kier molecular flexibility index (Phi) is 6.69. The number of carbonyl (C=O) groups excluding carboxylic acids is 3. The summed E-state index contributed by atoms with van der Waals surface area (Å²) in [5, 5.41) is 9.94. The zero-order valence-electron chi connectivity index (χ0n) is 19.8. The van der Waals surface area contributed by atoms with Crippen molar-refractivity contribution in [3.05, 3.63) is 36.9 Å². The molecular weight excluding hydrogens is 440 g/mol. The van der Waals surface area contributed by atoms with Crippen LogP contribution in [-0.4, -0.2) is 78.4 Å². The van der Waals surface area contributed by atoms with E-state index in [-0.39, 0.29) is 31.6 Å². The molecule has 0 aliphatic carbocycles. The molecule has 34 heavy (non-hydrogen) atoms. The molecule has 2 amide bonds. The second-order valence-corrected chi connectivity index (χ2v) is 9.02. The van der Waals surface area contributed by atoms with E-state index in [1.807, 2.05) is 0 Å². The SMILES string of the molecule is C=CCN(C(=O)C1N([C@H](C)CO)C(=O)[C@@H]2[C@@H](C(=O)OCC)[C@H]3CCC12O3)c1ccc(OC)cc1. The predicted octanol–water partition coefficient (Wildman–Crippen LogP) is 1.53. The number of amides is 2. The van der Waals surface area contributed by atoms with Gasteiger partial charge < -0.3 is 29.1 Å². The van der Waals surface area contributed by atoms with Crippen molar-refractivity contribution >= 4 is 23.5 Å². The smallest absolute Gasteiger partial charge is 0.312 e. The van der Waals surface area contributed by atoms with Crippen molar-refractivity contribution in [1.29, 1.82) is 0 Å². The first-order chi connectivity index (χ1) is 16.3. The van der Waals surface area contributed by atoms with Gasteiger partial charge in [-0.05, 0) is 51.0 Å². The highest BCUT2D eigenvalue weighted by Gasteiger charge is 2.75. The highest BCUT2D eigenvalue weighted by molar-refractivity contribution is 6.04. The number of esters is 1. The molecule has 6 atom stereocenters. The lowest BCUT2D eigenvalue weighted by Crippen LogP contribution is -2.58. The molecule has 184 valence electrons. The number of hydrogen-bond donors (Lipinski definition) is 1. The Bertz CT molecular complexity index is 965. The van der Waals surface area contributed by atoms with Crippen molar-refractivity contribution in [2.75, 3.05) is 31.8 Å². The zero-order valence-corrected chi connectivity index (χ0v) is 19.8. The number of nitrogens with zero attached hydrogens (tertiary/aromatic N) is 2. The maximum absolute atomic E-state index is 14.2. The molecular formula is C25H32N2O7. The number of aliphatic hydroxyl groups is 1. The number of methoxy groups -OCH3 is 1. The number of fused-ring (bicyclic) bond motifs is 1. The van der Waals surface area contributed by atoms with Crippen molar-refractivity contribution in [1.82, 2.24) is 4.90 Å². The summed E-state index contributed by atoms with van der Waals surface area (Å²) in [5.41, 5.74) is -0.532. The Morgan fingerprint density at radius 1 is 1.38 bits per heavy atom. The minimum absolute atomic E-state index is 0.194. The number of carbonyl (C=O) groups is 3. The van der Waals surface area contributed by atoms with Crippen molar-refractivity contribution in [2.24, 2.45) is 11.8 Å². The summed E-state index contributed by atoms with van der Waals surface area (Å²) in [4.78, 5) is 43.7. The molecule has 3 saturated heterocycles. The van der Waals surface area contributed by atoms with Gasteiger partial charge in [-0.25, -0.2) is 0 Å². The average molecular weight is 473 g/mol. The molecule has 3 heterocycles. The molecule has 3 aliphatic rings. The second kappa shape index (κ2) is 9.38. The van der Waals surface area contributed by atoms with Gasteiger partial charge in [-0.1, -0.05) is 6.08 Å². The van der Waals surface area contributed by atoms with Crippen LogP contribution in [0.15, 0.2) is 36.9 Å². The van der Waals surface area contributed by atoms with E-state index in [0.29, 0.717) is 24.3 Å². The van der Waals surface area contributed by atoms with E-state index in [4.69, 9.17) is 14.2 Å². The van der Waals surface area contributed by atoms with Crippen LogP contribution in [-0.2, 0) is 23.9 Å². The fourth-order valence-electron chi connectivity index (χ4n) is 5.80. The third-order valence-electron chi connectivity index (χ3n) is 7.23. The van der Waals surface area contributed by atoms with Crippen LogP contribution in [0.2, 0.25) is 0 Å². The molecule has 3 fully saturated rings. The van der Waals surface area contributed by atoms with E-state index in [2.05, 4.69) is 6.58 Å². The maximum atomic E-state index is 14.2. The van der Waals surface area contributed by atoms with Crippen molar-refractivity contribution < 1.29 is 33.7 Å². The van der Waals surface area contributed by atoms with Crippen LogP contribution >= 0.6 is 0 Å². The Morgan fingerprint density at radius 3 is 2.68 bits per heavy atom. The molecule has 9 nitrogen and oxygen atoms in total. The Balaban J connectivity index is 1.77. The molecule has 3 aliphatic heterocycles. The monoisotopic (exact) mass is 472 g/mol. The van der Waals surface area contributed by atoms with E-state index in [9.17, 15) is 19.5 Å². The van der Waals surface area contributed by atoms with Crippen LogP contribution < -0.4 is 9.64 Å². The van der Waals surface area contributed by atoms with E-state index in [1.54, 1.807) is 56.2 Å². The third kappa shape index (κ3) is 3.58. The second-order valence-electron chi connectivity index (χ2n) is 9.02. The van der Waals surface area contributed by atoms with E-state index in [1.165, 1.54) is 4.90 Å². The molecule has 0 radical (unpaired) electrons. The van der Waals surface area contributed by atoms with Gasteiger partial charge in [-0.15, -0.1) is 6.58 Å². The third-order valence-corrected chi connectivity index (χ3v) is 7.23. The van der Waals surface area contributed by atoms with Crippen LogP contribution in [0.4, 0.5) is 5.69 Å². The molecule has 1 aromatic rings. The predicted molar refractivity (Wildman–Crippen MR) is 123 cm³/mol. The highest BCUT2D eigenvalue weighted by atomic mass is 16.6. The van der Waals surface area contributed by atoms with E-state index in [0.717, 1.165) is 0 Å². The quantitative estimate of drug-likeness (QED) is 0.429. The molecule has 4 rings (SSSR count). The molecule has 9 heteroatoms. The van der Waals surface area contributed by atoms with Crippen LogP contribution in [0, 0.1) is 11.8 Å². The number of ether oxygens (including phenoxy) is 3. The maximum Gasteiger partial charge on any atom is 0.312 e. The standard InChI is InChI=1S/C25H32N2O7/c1-5-13-26(16-7-9-17(32-4)10-8-16)23(30)21-25-12-11-18(34-25)19(24(31)33-6-2)20(25)22(29)27(21)15(3)14-28/h5,7-10,15,18-21,28H,1,6,11-14H2,2-4H3/t15-,18-,19+,20+,21?,25?/m1/s1. The summed E-state index contributed by atoms with van der Waals surface area (Å²) in [6.45, 7) is 7.27. The summed E-state index contributed by atoms with van der Waals surface area (Å²) in [6.07, 6.45) is 2.17. The highest BCUT2D eigenvalue weighted by Crippen LogP contribution is 2.59. The fourth-order valence-corrected chi connectivity index (χ4v) is 5.80. The lowest BCUT2D eigenvalue weighted by molar-refractivity contribution is -0.155. The molecule has 2 bridgehead atoms. The first kappa shape index (κ1) is 24.2. The minimum atomic E-state index is -1.15. The van der Waals surface area contributed by atoms with Gasteiger partial charge in [-0.3, -0.25) is 14.4 Å². The van der Waals surface area contributed by atoms with Gasteiger partial charge in [-0.2, -0.15) is 0 Å². The van der Waals surface area contributed by atoms with Crippen LogP contribution in [0.5, 0.6) is 5.75 Å². The summed E-state index contributed by atoms with van der Waals surface area (Å²) in [6, 6.07) is 5.41. The lowest BCUT2D eigenvalue weighted by Gasteiger charge is -2.38. The average Bonchev–Trinajstić information content (AvgIpc) is 3.49. The number of hydrogen-bond acceptors (Lipinski definition) is 7. The van der Waals surface area contributed by atoms with Crippen LogP contribution in [0.25, 0.3) is 0 Å². The molecule has 1 aromatic carbocycles. The Hall–Kier alpha value is -2.91. The van der Waals surface area contributed by atoms with Gasteiger partial charge in [0, 0.05) is 12.2 Å². The minimum Gasteiger partial charge on any atom is -0.497 e. The Morgan fingerprint density at radius 2 is 2.09 bits per heavy atom. The number of anilines is 1. The molecule has 2 unspecified atom stereocenters. The zero-order chi connectivity index (χ0) is 24.6. The van der Waals surface area contributed by atoms with Gasteiger partial charge in [0.05, 0.1) is 44.3 Å². The first-order valence-electron chi connectivity index (χ1n) is 11.7.